The fourth-order valence-corrected chi connectivity index (χ4v) is 3.18. The number of methoxy groups -OCH3 is 2. The van der Waals surface area contributed by atoms with E-state index < -0.39 is 11.9 Å². The second kappa shape index (κ2) is 10.9. The van der Waals surface area contributed by atoms with Crippen molar-refractivity contribution >= 4 is 17.9 Å². The van der Waals surface area contributed by atoms with Gasteiger partial charge in [0.1, 0.15) is 17.0 Å². The molecule has 3 aromatic rings. The molecule has 1 aromatic heterocycles. The zero-order chi connectivity index (χ0) is 23.8. The van der Waals surface area contributed by atoms with Gasteiger partial charge in [-0.1, -0.05) is 30.3 Å². The van der Waals surface area contributed by atoms with Crippen LogP contribution in [-0.4, -0.2) is 55.1 Å². The lowest BCUT2D eigenvalue weighted by Gasteiger charge is -2.08. The van der Waals surface area contributed by atoms with Gasteiger partial charge in [-0.05, 0) is 31.2 Å². The van der Waals surface area contributed by atoms with E-state index in [0.717, 1.165) is 0 Å². The summed E-state index contributed by atoms with van der Waals surface area (Å²) in [4.78, 5) is 36.9. The SMILES string of the molecule is CCOC(=O)CCOc1cccc(-c2nn(-c3ccccc3)c(C(=O)OC)c2C(=O)OC)c1. The molecule has 1 heterocycles. The summed E-state index contributed by atoms with van der Waals surface area (Å²) in [7, 11) is 2.45. The average Bonchev–Trinajstić information content (AvgIpc) is 3.25. The summed E-state index contributed by atoms with van der Waals surface area (Å²) in [6.07, 6.45) is 0.0978. The maximum absolute atomic E-state index is 12.7. The van der Waals surface area contributed by atoms with E-state index in [1.165, 1.54) is 18.9 Å². The molecule has 3 rings (SSSR count). The second-order valence-electron chi connectivity index (χ2n) is 6.73. The van der Waals surface area contributed by atoms with Gasteiger partial charge in [0.2, 0.25) is 0 Å². The van der Waals surface area contributed by atoms with Crippen molar-refractivity contribution in [1.29, 1.82) is 0 Å². The third kappa shape index (κ3) is 5.38. The first-order chi connectivity index (χ1) is 16.0. The summed E-state index contributed by atoms with van der Waals surface area (Å²) in [6, 6.07) is 15.7. The molecule has 172 valence electrons. The quantitative estimate of drug-likeness (QED) is 0.359. The van der Waals surface area contributed by atoms with Crippen LogP contribution in [0.25, 0.3) is 16.9 Å². The molecule has 9 nitrogen and oxygen atoms in total. The van der Waals surface area contributed by atoms with Gasteiger partial charge in [0.05, 0.1) is 39.5 Å². The van der Waals surface area contributed by atoms with Gasteiger partial charge in [0, 0.05) is 5.56 Å². The lowest BCUT2D eigenvalue weighted by Crippen LogP contribution is -2.15. The Morgan fingerprint density at radius 2 is 1.67 bits per heavy atom. The Morgan fingerprint density at radius 3 is 2.33 bits per heavy atom. The summed E-state index contributed by atoms with van der Waals surface area (Å²) in [5.74, 6) is -1.37. The lowest BCUT2D eigenvalue weighted by molar-refractivity contribution is -0.143. The summed E-state index contributed by atoms with van der Waals surface area (Å²) < 4.78 is 21.8. The summed E-state index contributed by atoms with van der Waals surface area (Å²) >= 11 is 0. The van der Waals surface area contributed by atoms with E-state index in [4.69, 9.17) is 18.9 Å². The van der Waals surface area contributed by atoms with Crippen LogP contribution in [0.5, 0.6) is 5.75 Å². The van der Waals surface area contributed by atoms with Crippen LogP contribution in [-0.2, 0) is 19.0 Å². The second-order valence-corrected chi connectivity index (χ2v) is 6.73. The van der Waals surface area contributed by atoms with Crippen LogP contribution in [0.3, 0.4) is 0 Å². The molecule has 0 aliphatic carbocycles. The Hall–Kier alpha value is -4.14. The molecule has 0 radical (unpaired) electrons. The van der Waals surface area contributed by atoms with Crippen LogP contribution in [0.2, 0.25) is 0 Å². The van der Waals surface area contributed by atoms with E-state index in [1.807, 2.05) is 6.07 Å². The van der Waals surface area contributed by atoms with E-state index in [0.29, 0.717) is 23.6 Å². The Labute approximate surface area is 190 Å². The number of carbonyl (C=O) groups excluding carboxylic acids is 3. The molecule has 0 aliphatic rings. The van der Waals surface area contributed by atoms with Crippen molar-refractivity contribution in [3.05, 3.63) is 65.9 Å². The smallest absolute Gasteiger partial charge is 0.357 e. The Bertz CT molecular complexity index is 1140. The van der Waals surface area contributed by atoms with Gasteiger partial charge in [-0.25, -0.2) is 14.3 Å². The summed E-state index contributed by atoms with van der Waals surface area (Å²) in [5, 5.41) is 4.55. The van der Waals surface area contributed by atoms with Crippen molar-refractivity contribution in [1.82, 2.24) is 9.78 Å². The predicted octanol–water partition coefficient (Wildman–Crippen LogP) is 3.44. The van der Waals surface area contributed by atoms with Crippen LogP contribution in [0.1, 0.15) is 34.2 Å². The monoisotopic (exact) mass is 452 g/mol. The fraction of sp³-hybridized carbons (Fsp3) is 0.250. The average molecular weight is 452 g/mol. The van der Waals surface area contributed by atoms with Gasteiger partial charge in [-0.2, -0.15) is 5.10 Å². The van der Waals surface area contributed by atoms with E-state index >= 15 is 0 Å². The molecule has 2 aromatic carbocycles. The summed E-state index contributed by atoms with van der Waals surface area (Å²) in [6.45, 7) is 2.16. The lowest BCUT2D eigenvalue weighted by atomic mass is 10.1. The van der Waals surface area contributed by atoms with Gasteiger partial charge in [-0.15, -0.1) is 0 Å². The van der Waals surface area contributed by atoms with Gasteiger partial charge in [-0.3, -0.25) is 4.79 Å². The highest BCUT2D eigenvalue weighted by Gasteiger charge is 2.31. The summed E-state index contributed by atoms with van der Waals surface area (Å²) in [5.41, 5.74) is 1.22. The molecular weight excluding hydrogens is 428 g/mol. The van der Waals surface area contributed by atoms with Crippen molar-refractivity contribution in [2.24, 2.45) is 0 Å². The van der Waals surface area contributed by atoms with Crippen LogP contribution < -0.4 is 4.74 Å². The van der Waals surface area contributed by atoms with Gasteiger partial charge < -0.3 is 18.9 Å². The number of esters is 3. The highest BCUT2D eigenvalue weighted by molar-refractivity contribution is 6.06. The topological polar surface area (TPSA) is 106 Å². The van der Waals surface area contributed by atoms with E-state index in [1.54, 1.807) is 55.5 Å². The van der Waals surface area contributed by atoms with E-state index in [9.17, 15) is 14.4 Å². The molecule has 0 atom stereocenters. The highest BCUT2D eigenvalue weighted by atomic mass is 16.5. The van der Waals surface area contributed by atoms with Crippen LogP contribution in [0.4, 0.5) is 0 Å². The van der Waals surface area contributed by atoms with E-state index in [-0.39, 0.29) is 35.9 Å². The number of hydrogen-bond donors (Lipinski definition) is 0. The van der Waals surface area contributed by atoms with Gasteiger partial charge >= 0.3 is 17.9 Å². The molecular formula is C24H24N2O7. The first-order valence-electron chi connectivity index (χ1n) is 10.2. The highest BCUT2D eigenvalue weighted by Crippen LogP contribution is 2.31. The van der Waals surface area contributed by atoms with Crippen LogP contribution in [0, 0.1) is 0 Å². The first kappa shape index (κ1) is 23.5. The molecule has 0 saturated heterocycles. The molecule has 0 aliphatic heterocycles. The molecule has 0 bridgehead atoms. The number of aromatic nitrogens is 2. The van der Waals surface area contributed by atoms with E-state index in [2.05, 4.69) is 5.10 Å². The maximum atomic E-state index is 12.7. The van der Waals surface area contributed by atoms with Crippen LogP contribution in [0.15, 0.2) is 54.6 Å². The van der Waals surface area contributed by atoms with Gasteiger partial charge in [0.25, 0.3) is 0 Å². The zero-order valence-corrected chi connectivity index (χ0v) is 18.6. The zero-order valence-electron chi connectivity index (χ0n) is 18.6. The van der Waals surface area contributed by atoms with Crippen molar-refractivity contribution in [3.63, 3.8) is 0 Å². The number of carbonyl (C=O) groups is 3. The minimum atomic E-state index is -0.736. The van der Waals surface area contributed by atoms with Crippen molar-refractivity contribution in [3.8, 4) is 22.7 Å². The first-order valence-corrected chi connectivity index (χ1v) is 10.2. The fourth-order valence-electron chi connectivity index (χ4n) is 3.18. The number of ether oxygens (including phenoxy) is 4. The van der Waals surface area contributed by atoms with Crippen LogP contribution >= 0.6 is 0 Å². The minimum absolute atomic E-state index is 0.0307. The molecule has 0 fully saturated rings. The number of benzene rings is 2. The Balaban J connectivity index is 2.05. The Kier molecular flexibility index (Phi) is 7.80. The Morgan fingerprint density at radius 1 is 0.939 bits per heavy atom. The standard InChI is InChI=1S/C24H24N2O7/c1-4-32-19(27)13-14-33-18-12-8-9-16(15-18)21-20(23(28)30-2)22(24(29)31-3)26(25-21)17-10-6-5-7-11-17/h5-12,15H,4,13-14H2,1-3H3. The molecule has 0 N–H and O–H groups in total. The number of para-hydroxylation sites is 1. The van der Waals surface area contributed by atoms with Crippen molar-refractivity contribution in [2.45, 2.75) is 13.3 Å². The third-order valence-corrected chi connectivity index (χ3v) is 4.64. The normalized spacial score (nSPS) is 10.4. The predicted molar refractivity (Wildman–Crippen MR) is 118 cm³/mol. The van der Waals surface area contributed by atoms with Gasteiger partial charge in [0.15, 0.2) is 5.69 Å². The molecule has 0 unspecified atom stereocenters. The minimum Gasteiger partial charge on any atom is -0.493 e. The molecule has 9 heteroatoms. The number of rotatable bonds is 9. The molecule has 33 heavy (non-hydrogen) atoms. The van der Waals surface area contributed by atoms with Crippen molar-refractivity contribution < 1.29 is 33.3 Å². The number of hydrogen-bond acceptors (Lipinski definition) is 8. The van der Waals surface area contributed by atoms with Crippen molar-refractivity contribution in [2.75, 3.05) is 27.4 Å². The maximum Gasteiger partial charge on any atom is 0.357 e. The largest absolute Gasteiger partial charge is 0.493 e. The number of nitrogens with zero attached hydrogens (tertiary/aromatic N) is 2. The molecule has 0 amide bonds. The molecule has 0 saturated carbocycles. The molecule has 0 spiro atoms. The third-order valence-electron chi connectivity index (χ3n) is 4.64.